The smallest absolute Gasteiger partial charge is 0.269 e. The van der Waals surface area contributed by atoms with Gasteiger partial charge in [0, 0.05) is 11.0 Å². The third-order valence-electron chi connectivity index (χ3n) is 2.46. The maximum atomic E-state index is 12.0. The van der Waals surface area contributed by atoms with E-state index in [1.165, 1.54) is 5.56 Å². The highest BCUT2D eigenvalue weighted by Gasteiger charge is 2.14. The summed E-state index contributed by atoms with van der Waals surface area (Å²) in [5.74, 6) is -0.145. The number of rotatable bonds is 4. The van der Waals surface area contributed by atoms with Gasteiger partial charge in [-0.3, -0.25) is 4.79 Å². The number of anilines is 1. The summed E-state index contributed by atoms with van der Waals surface area (Å²) in [6.45, 7) is 1.96. The van der Waals surface area contributed by atoms with Crippen LogP contribution < -0.4 is 5.32 Å². The molecule has 0 unspecified atom stereocenters. The number of benzene rings is 1. The van der Waals surface area contributed by atoms with E-state index in [9.17, 15) is 4.79 Å². The molecule has 1 heterocycles. The van der Waals surface area contributed by atoms with Crippen molar-refractivity contribution >= 4 is 39.1 Å². The van der Waals surface area contributed by atoms with E-state index in [1.54, 1.807) is 0 Å². The van der Waals surface area contributed by atoms with E-state index in [-0.39, 0.29) is 5.91 Å². The molecule has 6 heteroatoms. The fourth-order valence-electron chi connectivity index (χ4n) is 1.48. The molecule has 2 aromatic rings. The number of nitrogens with one attached hydrogen (secondary N) is 1. The Hall–Kier alpha value is -1.27. The number of alkyl halides is 1. The summed E-state index contributed by atoms with van der Waals surface area (Å²) in [5, 5.41) is 7.58. The van der Waals surface area contributed by atoms with Crippen molar-refractivity contribution in [2.75, 3.05) is 5.32 Å². The van der Waals surface area contributed by atoms with Crippen LogP contribution in [-0.2, 0) is 11.8 Å². The number of carbonyl (C=O) groups excluding carboxylic acids is 1. The van der Waals surface area contributed by atoms with Gasteiger partial charge in [-0.15, -0.1) is 5.10 Å². The lowest BCUT2D eigenvalue weighted by Gasteiger charge is -2.04. The number of nitrogens with zero attached hydrogens (tertiary/aromatic N) is 2. The summed E-state index contributed by atoms with van der Waals surface area (Å²) in [7, 11) is 0. The van der Waals surface area contributed by atoms with Crippen LogP contribution in [0, 0.1) is 0 Å². The minimum atomic E-state index is -0.145. The van der Waals surface area contributed by atoms with E-state index in [2.05, 4.69) is 30.8 Å². The zero-order valence-corrected chi connectivity index (χ0v) is 12.2. The maximum absolute atomic E-state index is 12.0. The molecule has 0 atom stereocenters. The Labute approximate surface area is 118 Å². The Kier molecular flexibility index (Phi) is 4.43. The van der Waals surface area contributed by atoms with Gasteiger partial charge in [0.25, 0.3) is 5.91 Å². The molecule has 0 radical (unpaired) electrons. The molecule has 1 aromatic heterocycles. The second-order valence-corrected chi connectivity index (χ2v) is 5.00. The molecule has 0 saturated heterocycles. The summed E-state index contributed by atoms with van der Waals surface area (Å²) in [4.78, 5) is 12.6. The first kappa shape index (κ1) is 13.2. The van der Waals surface area contributed by atoms with Crippen molar-refractivity contribution in [3.63, 3.8) is 0 Å². The number of aromatic nitrogens is 2. The van der Waals surface area contributed by atoms with E-state index < -0.39 is 0 Å². The molecular weight excluding hydrogens is 314 g/mol. The van der Waals surface area contributed by atoms with Gasteiger partial charge in [-0.1, -0.05) is 39.5 Å². The topological polar surface area (TPSA) is 54.9 Å². The van der Waals surface area contributed by atoms with Crippen molar-refractivity contribution in [1.29, 1.82) is 0 Å². The van der Waals surface area contributed by atoms with E-state index in [0.717, 1.165) is 28.2 Å². The first-order chi connectivity index (χ1) is 8.74. The standard InChI is InChI=1S/C12H12BrN3OS/c1-2-10-11(18-16-15-10)12(17)14-9-5-3-8(7-13)4-6-9/h3-6H,2,7H2,1H3,(H,14,17). The Balaban J connectivity index is 2.11. The predicted molar refractivity (Wildman–Crippen MR) is 76.3 cm³/mol. The molecule has 0 fully saturated rings. The quantitative estimate of drug-likeness (QED) is 0.878. The van der Waals surface area contributed by atoms with Crippen molar-refractivity contribution in [1.82, 2.24) is 9.59 Å². The fraction of sp³-hybridized carbons (Fsp3) is 0.250. The summed E-state index contributed by atoms with van der Waals surface area (Å²) in [5.41, 5.74) is 2.69. The molecule has 1 aromatic carbocycles. The highest BCUT2D eigenvalue weighted by atomic mass is 79.9. The van der Waals surface area contributed by atoms with Gasteiger partial charge in [-0.25, -0.2) is 0 Å². The normalized spacial score (nSPS) is 10.3. The molecule has 1 N–H and O–H groups in total. The Morgan fingerprint density at radius 1 is 1.39 bits per heavy atom. The molecular formula is C12H12BrN3OS. The van der Waals surface area contributed by atoms with Crippen LogP contribution in [0.15, 0.2) is 24.3 Å². The average Bonchev–Trinajstić information content (AvgIpc) is 2.88. The van der Waals surface area contributed by atoms with Gasteiger partial charge >= 0.3 is 0 Å². The van der Waals surface area contributed by atoms with Gasteiger partial charge in [0.15, 0.2) is 0 Å². The number of amides is 1. The monoisotopic (exact) mass is 325 g/mol. The molecule has 0 saturated carbocycles. The van der Waals surface area contributed by atoms with Crippen molar-refractivity contribution in [3.05, 3.63) is 40.4 Å². The summed E-state index contributed by atoms with van der Waals surface area (Å²) >= 11 is 4.51. The average molecular weight is 326 g/mol. The third-order valence-corrected chi connectivity index (χ3v) is 3.88. The third kappa shape index (κ3) is 2.94. The number of halogens is 1. The zero-order chi connectivity index (χ0) is 13.0. The van der Waals surface area contributed by atoms with Crippen LogP contribution in [0.2, 0.25) is 0 Å². The van der Waals surface area contributed by atoms with Crippen molar-refractivity contribution in [2.45, 2.75) is 18.7 Å². The lowest BCUT2D eigenvalue weighted by atomic mass is 10.2. The second kappa shape index (κ2) is 6.06. The second-order valence-electron chi connectivity index (χ2n) is 3.69. The number of aryl methyl sites for hydroxylation is 1. The minimum absolute atomic E-state index is 0.145. The van der Waals surface area contributed by atoms with Crippen LogP contribution in [-0.4, -0.2) is 15.5 Å². The first-order valence-electron chi connectivity index (χ1n) is 5.52. The molecule has 0 aliphatic rings. The van der Waals surface area contributed by atoms with Gasteiger partial charge < -0.3 is 5.32 Å². The van der Waals surface area contributed by atoms with Gasteiger partial charge in [0.2, 0.25) is 0 Å². The molecule has 18 heavy (non-hydrogen) atoms. The van der Waals surface area contributed by atoms with E-state index in [1.807, 2.05) is 31.2 Å². The highest BCUT2D eigenvalue weighted by molar-refractivity contribution is 9.08. The predicted octanol–water partition coefficient (Wildman–Crippen LogP) is 3.25. The molecule has 0 aliphatic carbocycles. The first-order valence-corrected chi connectivity index (χ1v) is 7.41. The van der Waals surface area contributed by atoms with Crippen LogP contribution in [0.4, 0.5) is 5.69 Å². The van der Waals surface area contributed by atoms with Crippen LogP contribution >= 0.6 is 27.5 Å². The Morgan fingerprint density at radius 3 is 2.72 bits per heavy atom. The fourth-order valence-corrected chi connectivity index (χ4v) is 2.50. The van der Waals surface area contributed by atoms with Crippen molar-refractivity contribution in [3.8, 4) is 0 Å². The van der Waals surface area contributed by atoms with Crippen molar-refractivity contribution in [2.24, 2.45) is 0 Å². The van der Waals surface area contributed by atoms with Crippen LogP contribution in [0.5, 0.6) is 0 Å². The van der Waals surface area contributed by atoms with E-state index >= 15 is 0 Å². The van der Waals surface area contributed by atoms with Gasteiger partial charge in [0.05, 0.1) is 5.69 Å². The molecule has 0 bridgehead atoms. The molecule has 94 valence electrons. The van der Waals surface area contributed by atoms with E-state index in [4.69, 9.17) is 0 Å². The lowest BCUT2D eigenvalue weighted by molar-refractivity contribution is 0.102. The molecule has 2 rings (SSSR count). The maximum Gasteiger partial charge on any atom is 0.269 e. The number of hydrogen-bond donors (Lipinski definition) is 1. The van der Waals surface area contributed by atoms with Crippen molar-refractivity contribution < 1.29 is 4.79 Å². The van der Waals surface area contributed by atoms with Crippen LogP contribution in [0.1, 0.15) is 27.9 Å². The summed E-state index contributed by atoms with van der Waals surface area (Å²) in [6, 6.07) is 7.70. The summed E-state index contributed by atoms with van der Waals surface area (Å²) in [6.07, 6.45) is 0.710. The number of carbonyl (C=O) groups is 1. The highest BCUT2D eigenvalue weighted by Crippen LogP contribution is 2.16. The zero-order valence-electron chi connectivity index (χ0n) is 9.81. The molecule has 1 amide bonds. The molecule has 4 nitrogen and oxygen atoms in total. The molecule has 0 spiro atoms. The Morgan fingerprint density at radius 2 is 2.11 bits per heavy atom. The Bertz CT molecular complexity index is 539. The SMILES string of the molecule is CCc1nnsc1C(=O)Nc1ccc(CBr)cc1. The lowest BCUT2D eigenvalue weighted by Crippen LogP contribution is -2.12. The van der Waals surface area contributed by atoms with Gasteiger partial charge in [-0.2, -0.15) is 0 Å². The number of hydrogen-bond acceptors (Lipinski definition) is 4. The summed E-state index contributed by atoms with van der Waals surface area (Å²) < 4.78 is 3.81. The minimum Gasteiger partial charge on any atom is -0.321 e. The van der Waals surface area contributed by atoms with E-state index in [0.29, 0.717) is 11.3 Å². The van der Waals surface area contributed by atoms with Gasteiger partial charge in [0.1, 0.15) is 4.88 Å². The van der Waals surface area contributed by atoms with Gasteiger partial charge in [-0.05, 0) is 35.6 Å². The largest absolute Gasteiger partial charge is 0.321 e. The van der Waals surface area contributed by atoms with Crippen LogP contribution in [0.3, 0.4) is 0 Å². The van der Waals surface area contributed by atoms with Crippen LogP contribution in [0.25, 0.3) is 0 Å². The molecule has 0 aliphatic heterocycles.